The minimum absolute atomic E-state index is 0.135. The lowest BCUT2D eigenvalue weighted by Crippen LogP contribution is -2.44. The molecule has 4 rings (SSSR count). The molecule has 1 amide bonds. The molecular formula is C24H31N3O3. The number of hydrogen-bond donors (Lipinski definition) is 1. The number of rotatable bonds is 6. The summed E-state index contributed by atoms with van der Waals surface area (Å²) in [6, 6.07) is 13.5. The third-order valence-electron chi connectivity index (χ3n) is 5.85. The molecule has 2 aliphatic rings. The van der Waals surface area contributed by atoms with E-state index in [2.05, 4.69) is 35.2 Å². The summed E-state index contributed by atoms with van der Waals surface area (Å²) in [7, 11) is 2.16. The number of benzene rings is 2. The molecule has 1 N–H and O–H groups in total. The van der Waals surface area contributed by atoms with Gasteiger partial charge in [-0.05, 0) is 68.8 Å². The average molecular weight is 410 g/mol. The van der Waals surface area contributed by atoms with Crippen LogP contribution in [0.3, 0.4) is 0 Å². The Kier molecular flexibility index (Phi) is 6.55. The summed E-state index contributed by atoms with van der Waals surface area (Å²) in [6.45, 7) is 7.64. The zero-order chi connectivity index (χ0) is 20.9. The van der Waals surface area contributed by atoms with Gasteiger partial charge >= 0.3 is 0 Å². The van der Waals surface area contributed by atoms with Gasteiger partial charge in [0.05, 0.1) is 6.10 Å². The van der Waals surface area contributed by atoms with Crippen LogP contribution >= 0.6 is 0 Å². The molecule has 2 aliphatic heterocycles. The van der Waals surface area contributed by atoms with Gasteiger partial charge in [0.1, 0.15) is 12.4 Å². The first kappa shape index (κ1) is 20.7. The molecular weight excluding hydrogens is 378 g/mol. The summed E-state index contributed by atoms with van der Waals surface area (Å²) < 4.78 is 11.4. The van der Waals surface area contributed by atoms with Gasteiger partial charge in [0.2, 0.25) is 0 Å². The summed E-state index contributed by atoms with van der Waals surface area (Å²) in [5, 5.41) is 3.01. The minimum Gasteiger partial charge on any atom is -0.491 e. The van der Waals surface area contributed by atoms with Crippen LogP contribution in [-0.4, -0.2) is 63.4 Å². The lowest BCUT2D eigenvalue weighted by Gasteiger charge is -2.35. The summed E-state index contributed by atoms with van der Waals surface area (Å²) in [4.78, 5) is 17.5. The van der Waals surface area contributed by atoms with E-state index >= 15 is 0 Å². The summed E-state index contributed by atoms with van der Waals surface area (Å²) in [6.07, 6.45) is 2.27. The van der Waals surface area contributed by atoms with Crippen molar-refractivity contribution >= 4 is 17.3 Å². The highest BCUT2D eigenvalue weighted by Gasteiger charge is 2.18. The average Bonchev–Trinajstić information content (AvgIpc) is 3.27. The fourth-order valence-electron chi connectivity index (χ4n) is 4.03. The number of carbonyl (C=O) groups is 1. The molecule has 0 aliphatic carbocycles. The van der Waals surface area contributed by atoms with Gasteiger partial charge in [0, 0.05) is 49.7 Å². The molecule has 30 heavy (non-hydrogen) atoms. The van der Waals surface area contributed by atoms with E-state index in [0.29, 0.717) is 17.9 Å². The Hall–Kier alpha value is -2.57. The maximum atomic E-state index is 12.8. The lowest BCUT2D eigenvalue weighted by molar-refractivity contribution is 0.0679. The van der Waals surface area contributed by atoms with Crippen LogP contribution < -0.4 is 15.0 Å². The topological polar surface area (TPSA) is 54.0 Å². The number of piperazine rings is 1. The first-order valence-electron chi connectivity index (χ1n) is 10.8. The number of hydrogen-bond acceptors (Lipinski definition) is 5. The second kappa shape index (κ2) is 9.49. The van der Waals surface area contributed by atoms with Crippen LogP contribution in [0, 0.1) is 6.92 Å². The molecule has 2 saturated heterocycles. The van der Waals surface area contributed by atoms with Crippen LogP contribution in [0.15, 0.2) is 42.5 Å². The maximum Gasteiger partial charge on any atom is 0.255 e. The quantitative estimate of drug-likeness (QED) is 0.791. The van der Waals surface area contributed by atoms with Crippen LogP contribution in [-0.2, 0) is 4.74 Å². The molecule has 6 nitrogen and oxygen atoms in total. The van der Waals surface area contributed by atoms with Crippen molar-refractivity contribution < 1.29 is 14.3 Å². The predicted molar refractivity (Wildman–Crippen MR) is 120 cm³/mol. The zero-order valence-corrected chi connectivity index (χ0v) is 17.9. The number of amides is 1. The first-order chi connectivity index (χ1) is 14.6. The lowest BCUT2D eigenvalue weighted by atomic mass is 10.1. The fraction of sp³-hybridized carbons (Fsp3) is 0.458. The van der Waals surface area contributed by atoms with Crippen molar-refractivity contribution in [3.05, 3.63) is 53.6 Å². The molecule has 1 unspecified atom stereocenters. The van der Waals surface area contributed by atoms with E-state index < -0.39 is 0 Å². The van der Waals surface area contributed by atoms with Crippen molar-refractivity contribution in [3.8, 4) is 5.75 Å². The van der Waals surface area contributed by atoms with Crippen molar-refractivity contribution in [2.75, 3.05) is 56.7 Å². The molecule has 0 bridgehead atoms. The third-order valence-corrected chi connectivity index (χ3v) is 5.85. The van der Waals surface area contributed by atoms with Gasteiger partial charge in [-0.2, -0.15) is 0 Å². The van der Waals surface area contributed by atoms with E-state index in [9.17, 15) is 4.79 Å². The van der Waals surface area contributed by atoms with Gasteiger partial charge in [-0.15, -0.1) is 0 Å². The highest BCUT2D eigenvalue weighted by atomic mass is 16.5. The molecule has 2 aromatic rings. The van der Waals surface area contributed by atoms with Gasteiger partial charge in [0.15, 0.2) is 0 Å². The van der Waals surface area contributed by atoms with E-state index in [1.54, 1.807) is 12.1 Å². The molecule has 1 atom stereocenters. The predicted octanol–water partition coefficient (Wildman–Crippen LogP) is 3.56. The smallest absolute Gasteiger partial charge is 0.255 e. The molecule has 2 heterocycles. The van der Waals surface area contributed by atoms with Crippen molar-refractivity contribution in [1.29, 1.82) is 0 Å². The molecule has 0 saturated carbocycles. The molecule has 0 radical (unpaired) electrons. The van der Waals surface area contributed by atoms with Gasteiger partial charge in [-0.3, -0.25) is 4.79 Å². The Morgan fingerprint density at radius 1 is 1.17 bits per heavy atom. The van der Waals surface area contributed by atoms with Crippen molar-refractivity contribution in [2.24, 2.45) is 0 Å². The van der Waals surface area contributed by atoms with Crippen LogP contribution in [0.5, 0.6) is 5.75 Å². The number of nitrogens with one attached hydrogen (secondary N) is 1. The molecule has 160 valence electrons. The summed E-state index contributed by atoms with van der Waals surface area (Å²) in [5.41, 5.74) is 3.80. The minimum atomic E-state index is -0.135. The van der Waals surface area contributed by atoms with E-state index in [4.69, 9.17) is 9.47 Å². The van der Waals surface area contributed by atoms with E-state index in [1.165, 1.54) is 11.3 Å². The molecule has 2 aromatic carbocycles. The number of carbonyl (C=O) groups excluding carboxylic acids is 1. The van der Waals surface area contributed by atoms with E-state index in [-0.39, 0.29) is 12.0 Å². The summed E-state index contributed by atoms with van der Waals surface area (Å²) >= 11 is 0. The Morgan fingerprint density at radius 2 is 2.00 bits per heavy atom. The molecule has 0 spiro atoms. The Balaban J connectivity index is 1.37. The monoisotopic (exact) mass is 409 g/mol. The van der Waals surface area contributed by atoms with Crippen molar-refractivity contribution in [2.45, 2.75) is 25.9 Å². The fourth-order valence-corrected chi connectivity index (χ4v) is 4.03. The number of likely N-dealkylation sites (N-methyl/N-ethyl adjacent to an activating group) is 1. The van der Waals surface area contributed by atoms with Gasteiger partial charge in [0.25, 0.3) is 5.91 Å². The van der Waals surface area contributed by atoms with Gasteiger partial charge < -0.3 is 24.6 Å². The van der Waals surface area contributed by atoms with Crippen molar-refractivity contribution in [1.82, 2.24) is 4.90 Å². The molecule has 6 heteroatoms. The maximum absolute atomic E-state index is 12.8. The standard InChI is InChI=1S/C24H31N3O3/c1-18-15-20(8-9-23(18)27-12-10-26(2)11-13-27)25-24(28)19-5-3-6-21(16-19)30-17-22-7-4-14-29-22/h3,5-6,8-9,15-16,22H,4,7,10-14,17H2,1-2H3,(H,25,28). The summed E-state index contributed by atoms with van der Waals surface area (Å²) in [5.74, 6) is 0.559. The highest BCUT2D eigenvalue weighted by molar-refractivity contribution is 6.04. The van der Waals surface area contributed by atoms with Gasteiger partial charge in [-0.25, -0.2) is 0 Å². The van der Waals surface area contributed by atoms with E-state index in [0.717, 1.165) is 51.3 Å². The van der Waals surface area contributed by atoms with E-state index in [1.807, 2.05) is 24.3 Å². The molecule has 2 fully saturated rings. The van der Waals surface area contributed by atoms with Crippen molar-refractivity contribution in [3.63, 3.8) is 0 Å². The number of nitrogens with zero attached hydrogens (tertiary/aromatic N) is 2. The molecule has 0 aromatic heterocycles. The number of anilines is 2. The van der Waals surface area contributed by atoms with Crippen LogP contribution in [0.2, 0.25) is 0 Å². The Bertz CT molecular complexity index is 872. The Labute approximate surface area is 178 Å². The highest BCUT2D eigenvalue weighted by Crippen LogP contribution is 2.25. The first-order valence-corrected chi connectivity index (χ1v) is 10.8. The SMILES string of the molecule is Cc1cc(NC(=O)c2cccc(OCC3CCCO3)c2)ccc1N1CCN(C)CC1. The van der Waals surface area contributed by atoms with Crippen LogP contribution in [0.25, 0.3) is 0 Å². The third kappa shape index (κ3) is 5.12. The number of ether oxygens (including phenoxy) is 2. The van der Waals surface area contributed by atoms with Gasteiger partial charge in [-0.1, -0.05) is 6.07 Å². The normalized spacial score (nSPS) is 19.7. The number of aryl methyl sites for hydroxylation is 1. The second-order valence-electron chi connectivity index (χ2n) is 8.22. The zero-order valence-electron chi connectivity index (χ0n) is 17.9. The Morgan fingerprint density at radius 3 is 2.73 bits per heavy atom. The van der Waals surface area contributed by atoms with Crippen LogP contribution in [0.4, 0.5) is 11.4 Å². The largest absolute Gasteiger partial charge is 0.491 e. The van der Waals surface area contributed by atoms with Crippen LogP contribution in [0.1, 0.15) is 28.8 Å². The second-order valence-corrected chi connectivity index (χ2v) is 8.22.